The number of benzene rings is 2. The maximum atomic E-state index is 13.3. The van der Waals surface area contributed by atoms with Crippen LogP contribution in [-0.2, 0) is 11.3 Å². The smallest absolute Gasteiger partial charge is 0.239 e. The molecule has 2 aromatic carbocycles. The summed E-state index contributed by atoms with van der Waals surface area (Å²) in [6.07, 6.45) is 1.74. The van der Waals surface area contributed by atoms with Crippen molar-refractivity contribution < 1.29 is 9.53 Å². The van der Waals surface area contributed by atoms with Gasteiger partial charge in [-0.15, -0.1) is 11.8 Å². The Labute approximate surface area is 190 Å². The lowest BCUT2D eigenvalue weighted by atomic mass is 10.2. The third-order valence-electron chi connectivity index (χ3n) is 4.62. The number of anilines is 1. The van der Waals surface area contributed by atoms with Crippen molar-refractivity contribution in [2.75, 3.05) is 17.3 Å². The fraction of sp³-hybridized carbons (Fsp3) is 0.208. The minimum atomic E-state index is 0.000292. The molecule has 1 amide bonds. The number of ether oxygens (including phenoxy) is 1. The quantitative estimate of drug-likeness (QED) is 0.322. The zero-order chi connectivity index (χ0) is 21.6. The van der Waals surface area contributed by atoms with Crippen LogP contribution < -0.4 is 9.64 Å². The van der Waals surface area contributed by atoms with E-state index in [4.69, 9.17) is 9.72 Å². The summed E-state index contributed by atoms with van der Waals surface area (Å²) in [7, 11) is 0. The highest BCUT2D eigenvalue weighted by atomic mass is 32.2. The Morgan fingerprint density at radius 3 is 2.71 bits per heavy atom. The summed E-state index contributed by atoms with van der Waals surface area (Å²) in [5.74, 6) is 1.14. The van der Waals surface area contributed by atoms with Gasteiger partial charge < -0.3 is 4.74 Å². The molecule has 0 saturated heterocycles. The minimum Gasteiger partial charge on any atom is -0.494 e. The van der Waals surface area contributed by atoms with Crippen LogP contribution >= 0.6 is 23.1 Å². The maximum Gasteiger partial charge on any atom is 0.239 e. The highest BCUT2D eigenvalue weighted by Crippen LogP contribution is 2.33. The van der Waals surface area contributed by atoms with Gasteiger partial charge in [-0.25, -0.2) is 4.98 Å². The van der Waals surface area contributed by atoms with Gasteiger partial charge in [-0.3, -0.25) is 14.7 Å². The van der Waals surface area contributed by atoms with Crippen molar-refractivity contribution in [1.82, 2.24) is 9.97 Å². The Hall–Kier alpha value is -2.90. The molecule has 31 heavy (non-hydrogen) atoms. The van der Waals surface area contributed by atoms with Gasteiger partial charge in [-0.1, -0.05) is 35.1 Å². The van der Waals surface area contributed by atoms with Crippen LogP contribution in [0.1, 0.15) is 18.2 Å². The molecule has 0 radical (unpaired) electrons. The zero-order valence-corrected chi connectivity index (χ0v) is 19.1. The largest absolute Gasteiger partial charge is 0.494 e. The van der Waals surface area contributed by atoms with Gasteiger partial charge in [-0.05, 0) is 56.3 Å². The number of carbonyl (C=O) groups is 1. The predicted octanol–water partition coefficient (Wildman–Crippen LogP) is 5.72. The summed E-state index contributed by atoms with van der Waals surface area (Å²) in [6, 6.07) is 19.8. The van der Waals surface area contributed by atoms with Crippen LogP contribution in [-0.4, -0.2) is 28.2 Å². The van der Waals surface area contributed by atoms with Crippen molar-refractivity contribution in [2.24, 2.45) is 0 Å². The van der Waals surface area contributed by atoms with Gasteiger partial charge in [0, 0.05) is 11.1 Å². The molecule has 0 fully saturated rings. The number of nitrogens with zero attached hydrogens (tertiary/aromatic N) is 3. The van der Waals surface area contributed by atoms with Crippen molar-refractivity contribution in [3.05, 3.63) is 78.1 Å². The Kier molecular flexibility index (Phi) is 6.84. The number of fused-ring (bicyclic) bond motifs is 1. The lowest BCUT2D eigenvalue weighted by Crippen LogP contribution is -2.32. The molecule has 4 rings (SSSR count). The number of aromatic nitrogens is 2. The fourth-order valence-electron chi connectivity index (χ4n) is 3.04. The van der Waals surface area contributed by atoms with E-state index in [0.717, 1.165) is 26.6 Å². The number of pyridine rings is 1. The van der Waals surface area contributed by atoms with Crippen LogP contribution in [0, 0.1) is 6.92 Å². The molecule has 0 spiro atoms. The van der Waals surface area contributed by atoms with Crippen molar-refractivity contribution >= 4 is 44.4 Å². The molecule has 0 unspecified atom stereocenters. The molecule has 0 saturated carbocycles. The monoisotopic (exact) mass is 449 g/mol. The Morgan fingerprint density at radius 2 is 1.97 bits per heavy atom. The number of hydrogen-bond acceptors (Lipinski definition) is 6. The summed E-state index contributed by atoms with van der Waals surface area (Å²) in [4.78, 5) is 25.2. The second kappa shape index (κ2) is 9.94. The average Bonchev–Trinajstić information content (AvgIpc) is 3.21. The van der Waals surface area contributed by atoms with E-state index in [-0.39, 0.29) is 5.91 Å². The van der Waals surface area contributed by atoms with E-state index in [9.17, 15) is 4.79 Å². The normalized spacial score (nSPS) is 10.9. The van der Waals surface area contributed by atoms with Crippen LogP contribution in [0.2, 0.25) is 0 Å². The van der Waals surface area contributed by atoms with E-state index in [1.165, 1.54) is 28.7 Å². The van der Waals surface area contributed by atoms with Crippen molar-refractivity contribution in [3.8, 4) is 5.75 Å². The van der Waals surface area contributed by atoms with Gasteiger partial charge in [0.15, 0.2) is 5.13 Å². The van der Waals surface area contributed by atoms with Crippen LogP contribution in [0.3, 0.4) is 0 Å². The Balaban J connectivity index is 1.59. The second-order valence-electron chi connectivity index (χ2n) is 6.96. The topological polar surface area (TPSA) is 55.3 Å². The molecular weight excluding hydrogens is 426 g/mol. The second-order valence-corrected chi connectivity index (χ2v) is 9.02. The number of thiazole rings is 1. The first-order valence-corrected chi connectivity index (χ1v) is 11.9. The average molecular weight is 450 g/mol. The summed E-state index contributed by atoms with van der Waals surface area (Å²) >= 11 is 3.03. The SMILES string of the molecule is CCOc1ccc2nc(N(Cc3ccccn3)C(=O)CSc3ccc(C)cc3)sc2c1. The molecule has 0 aliphatic rings. The molecule has 0 aliphatic heterocycles. The summed E-state index contributed by atoms with van der Waals surface area (Å²) in [5.41, 5.74) is 2.88. The van der Waals surface area contributed by atoms with E-state index in [1.807, 2.05) is 55.5 Å². The molecule has 2 heterocycles. The number of rotatable bonds is 8. The van der Waals surface area contributed by atoms with Gasteiger partial charge in [0.05, 0.1) is 34.8 Å². The number of amides is 1. The van der Waals surface area contributed by atoms with E-state index in [1.54, 1.807) is 11.1 Å². The van der Waals surface area contributed by atoms with Gasteiger partial charge in [0.1, 0.15) is 5.75 Å². The summed E-state index contributed by atoms with van der Waals surface area (Å²) in [6.45, 7) is 5.00. The minimum absolute atomic E-state index is 0.000292. The predicted molar refractivity (Wildman–Crippen MR) is 128 cm³/mol. The van der Waals surface area contributed by atoms with E-state index in [0.29, 0.717) is 24.0 Å². The van der Waals surface area contributed by atoms with E-state index < -0.39 is 0 Å². The molecule has 4 aromatic rings. The zero-order valence-electron chi connectivity index (χ0n) is 17.4. The summed E-state index contributed by atoms with van der Waals surface area (Å²) in [5, 5.41) is 0.670. The molecule has 158 valence electrons. The van der Waals surface area contributed by atoms with Crippen LogP contribution in [0.5, 0.6) is 5.75 Å². The first-order valence-electron chi connectivity index (χ1n) is 10.1. The first kappa shape index (κ1) is 21.3. The first-order chi connectivity index (χ1) is 15.1. The highest BCUT2D eigenvalue weighted by Gasteiger charge is 2.21. The van der Waals surface area contributed by atoms with Gasteiger partial charge in [0.25, 0.3) is 0 Å². The van der Waals surface area contributed by atoms with E-state index in [2.05, 4.69) is 24.0 Å². The molecular formula is C24H23N3O2S2. The molecule has 0 N–H and O–H groups in total. The molecule has 2 aromatic heterocycles. The number of aryl methyl sites for hydroxylation is 1. The Morgan fingerprint density at radius 1 is 1.13 bits per heavy atom. The lowest BCUT2D eigenvalue weighted by molar-refractivity contribution is -0.116. The lowest BCUT2D eigenvalue weighted by Gasteiger charge is -2.19. The fourth-order valence-corrected chi connectivity index (χ4v) is 4.82. The molecule has 7 heteroatoms. The highest BCUT2D eigenvalue weighted by molar-refractivity contribution is 8.00. The van der Waals surface area contributed by atoms with Gasteiger partial charge >= 0.3 is 0 Å². The standard InChI is InChI=1S/C24H23N3O2S2/c1-3-29-19-9-12-21-22(14-19)31-24(26-21)27(15-18-6-4-5-13-25-18)23(28)16-30-20-10-7-17(2)8-11-20/h4-14H,3,15-16H2,1-2H3. The van der Waals surface area contributed by atoms with Gasteiger partial charge in [-0.2, -0.15) is 0 Å². The summed E-state index contributed by atoms with van der Waals surface area (Å²) < 4.78 is 6.60. The molecule has 5 nitrogen and oxygen atoms in total. The third-order valence-corrected chi connectivity index (χ3v) is 6.66. The van der Waals surface area contributed by atoms with Crippen LogP contribution in [0.4, 0.5) is 5.13 Å². The van der Waals surface area contributed by atoms with Gasteiger partial charge in [0.2, 0.25) is 5.91 Å². The maximum absolute atomic E-state index is 13.3. The Bertz CT molecular complexity index is 1160. The number of hydrogen-bond donors (Lipinski definition) is 0. The number of carbonyl (C=O) groups excluding carboxylic acids is 1. The van der Waals surface area contributed by atoms with Crippen molar-refractivity contribution in [3.63, 3.8) is 0 Å². The van der Waals surface area contributed by atoms with Crippen LogP contribution in [0.25, 0.3) is 10.2 Å². The van der Waals surface area contributed by atoms with Crippen molar-refractivity contribution in [2.45, 2.75) is 25.3 Å². The molecule has 0 bridgehead atoms. The number of thioether (sulfide) groups is 1. The molecule has 0 aliphatic carbocycles. The van der Waals surface area contributed by atoms with Crippen molar-refractivity contribution in [1.29, 1.82) is 0 Å². The third kappa shape index (κ3) is 5.42. The van der Waals surface area contributed by atoms with E-state index >= 15 is 0 Å². The van der Waals surface area contributed by atoms with Crippen LogP contribution in [0.15, 0.2) is 71.8 Å². The molecule has 0 atom stereocenters.